The summed E-state index contributed by atoms with van der Waals surface area (Å²) in [5.74, 6) is -1.08. The maximum atomic E-state index is 12.1. The molecule has 0 saturated carbocycles. The van der Waals surface area contributed by atoms with Crippen LogP contribution in [0.1, 0.15) is 6.42 Å². The molecular formula is C8H13F3N2O2. The number of hydrogen-bond acceptors (Lipinski definition) is 3. The predicted molar refractivity (Wildman–Crippen MR) is 46.0 cm³/mol. The summed E-state index contributed by atoms with van der Waals surface area (Å²) in [6.07, 6.45) is -4.32. The molecule has 7 heteroatoms. The molecule has 1 fully saturated rings. The molecule has 1 saturated heterocycles. The van der Waals surface area contributed by atoms with Crippen LogP contribution in [0.15, 0.2) is 0 Å². The van der Waals surface area contributed by atoms with Crippen molar-refractivity contribution in [1.82, 2.24) is 4.90 Å². The molecule has 1 amide bonds. The van der Waals surface area contributed by atoms with Gasteiger partial charge >= 0.3 is 6.18 Å². The minimum Gasteiger partial charge on any atom is -0.380 e. The van der Waals surface area contributed by atoms with Crippen LogP contribution >= 0.6 is 0 Å². The average molecular weight is 226 g/mol. The number of methoxy groups -OCH3 is 1. The summed E-state index contributed by atoms with van der Waals surface area (Å²) in [4.78, 5) is 12.4. The van der Waals surface area contributed by atoms with Gasteiger partial charge in [0.2, 0.25) is 5.91 Å². The number of carbonyl (C=O) groups is 1. The molecule has 1 aliphatic rings. The van der Waals surface area contributed by atoms with Crippen molar-refractivity contribution in [3.8, 4) is 0 Å². The molecular weight excluding hydrogens is 213 g/mol. The normalized spacial score (nSPS) is 24.3. The minimum absolute atomic E-state index is 0.180. The van der Waals surface area contributed by atoms with Crippen LogP contribution in [0.3, 0.4) is 0 Å². The Labute approximate surface area is 85.2 Å². The number of rotatable bonds is 2. The van der Waals surface area contributed by atoms with Crippen molar-refractivity contribution in [3.63, 3.8) is 0 Å². The lowest BCUT2D eigenvalue weighted by molar-refractivity contribution is -0.169. The monoisotopic (exact) mass is 226 g/mol. The highest BCUT2D eigenvalue weighted by atomic mass is 19.4. The van der Waals surface area contributed by atoms with Gasteiger partial charge in [0.05, 0.1) is 6.10 Å². The van der Waals surface area contributed by atoms with Crippen LogP contribution in [-0.2, 0) is 9.53 Å². The largest absolute Gasteiger partial charge is 0.412 e. The maximum absolute atomic E-state index is 12.1. The van der Waals surface area contributed by atoms with Crippen molar-refractivity contribution in [2.75, 3.05) is 20.2 Å². The summed E-state index contributed by atoms with van der Waals surface area (Å²) >= 11 is 0. The van der Waals surface area contributed by atoms with Crippen molar-refractivity contribution < 1.29 is 22.7 Å². The number of halogens is 3. The lowest BCUT2D eigenvalue weighted by Gasteiger charge is -2.22. The van der Waals surface area contributed by atoms with Gasteiger partial charge in [-0.3, -0.25) is 4.79 Å². The predicted octanol–water partition coefficient (Wildman–Crippen LogP) is 0.123. The van der Waals surface area contributed by atoms with E-state index >= 15 is 0 Å². The van der Waals surface area contributed by atoms with Crippen molar-refractivity contribution in [1.29, 1.82) is 0 Å². The number of nitrogens with two attached hydrogens (primary N) is 1. The summed E-state index contributed by atoms with van der Waals surface area (Å²) in [6.45, 7) is 0.445. The van der Waals surface area contributed by atoms with E-state index in [0.29, 0.717) is 6.42 Å². The highest BCUT2D eigenvalue weighted by Gasteiger charge is 2.45. The van der Waals surface area contributed by atoms with Gasteiger partial charge in [-0.1, -0.05) is 0 Å². The number of carbonyl (C=O) groups excluding carboxylic acids is 1. The van der Waals surface area contributed by atoms with Gasteiger partial charge < -0.3 is 15.4 Å². The molecule has 0 aliphatic carbocycles. The van der Waals surface area contributed by atoms with E-state index in [4.69, 9.17) is 10.5 Å². The zero-order chi connectivity index (χ0) is 11.6. The van der Waals surface area contributed by atoms with Crippen molar-refractivity contribution in [2.24, 2.45) is 5.73 Å². The third kappa shape index (κ3) is 2.82. The number of amides is 1. The smallest absolute Gasteiger partial charge is 0.380 e. The first-order chi connectivity index (χ1) is 6.86. The highest BCUT2D eigenvalue weighted by molar-refractivity contribution is 5.82. The second-order valence-corrected chi connectivity index (χ2v) is 3.45. The summed E-state index contributed by atoms with van der Waals surface area (Å²) in [6, 6.07) is -2.42. The Morgan fingerprint density at radius 1 is 1.60 bits per heavy atom. The first-order valence-electron chi connectivity index (χ1n) is 4.50. The van der Waals surface area contributed by atoms with E-state index in [1.807, 2.05) is 0 Å². The number of likely N-dealkylation sites (tertiary alicyclic amines) is 1. The van der Waals surface area contributed by atoms with E-state index in [1.165, 1.54) is 7.11 Å². The Hall–Kier alpha value is -0.820. The summed E-state index contributed by atoms with van der Waals surface area (Å²) in [5.41, 5.74) is 4.80. The zero-order valence-electron chi connectivity index (χ0n) is 8.25. The second-order valence-electron chi connectivity index (χ2n) is 3.45. The van der Waals surface area contributed by atoms with Crippen LogP contribution in [0.2, 0.25) is 0 Å². The van der Waals surface area contributed by atoms with E-state index in [0.717, 1.165) is 4.90 Å². The van der Waals surface area contributed by atoms with Gasteiger partial charge in [-0.15, -0.1) is 0 Å². The lowest BCUT2D eigenvalue weighted by atomic mass is 10.2. The Morgan fingerprint density at radius 3 is 2.60 bits per heavy atom. The van der Waals surface area contributed by atoms with Crippen LogP contribution in [0.25, 0.3) is 0 Å². The Bertz CT molecular complexity index is 245. The van der Waals surface area contributed by atoms with Crippen LogP contribution in [0, 0.1) is 0 Å². The number of nitrogens with zero attached hydrogens (tertiary/aromatic N) is 1. The summed E-state index contributed by atoms with van der Waals surface area (Å²) in [5, 5.41) is 0. The van der Waals surface area contributed by atoms with Gasteiger partial charge in [0.1, 0.15) is 0 Å². The molecule has 15 heavy (non-hydrogen) atoms. The lowest BCUT2D eigenvalue weighted by Crippen LogP contribution is -2.51. The third-order valence-corrected chi connectivity index (χ3v) is 2.41. The molecule has 0 bridgehead atoms. The molecule has 1 unspecified atom stereocenters. The fourth-order valence-corrected chi connectivity index (χ4v) is 1.46. The Kier molecular flexibility index (Phi) is 3.56. The van der Waals surface area contributed by atoms with Gasteiger partial charge in [-0.05, 0) is 6.42 Å². The summed E-state index contributed by atoms with van der Waals surface area (Å²) < 4.78 is 41.3. The second kappa shape index (κ2) is 4.36. The third-order valence-electron chi connectivity index (χ3n) is 2.41. The number of ether oxygens (including phenoxy) is 1. The molecule has 2 atom stereocenters. The quantitative estimate of drug-likeness (QED) is 0.727. The fourth-order valence-electron chi connectivity index (χ4n) is 1.46. The Balaban J connectivity index is 2.55. The van der Waals surface area contributed by atoms with Crippen LogP contribution in [-0.4, -0.2) is 49.3 Å². The van der Waals surface area contributed by atoms with Crippen molar-refractivity contribution >= 4 is 5.91 Å². The van der Waals surface area contributed by atoms with E-state index in [2.05, 4.69) is 0 Å². The molecule has 1 rings (SSSR count). The van der Waals surface area contributed by atoms with Gasteiger partial charge in [-0.25, -0.2) is 0 Å². The summed E-state index contributed by atoms with van der Waals surface area (Å²) in [7, 11) is 1.46. The van der Waals surface area contributed by atoms with E-state index < -0.39 is 18.1 Å². The molecule has 88 valence electrons. The topological polar surface area (TPSA) is 55.6 Å². The molecule has 0 aromatic carbocycles. The minimum atomic E-state index is -4.68. The molecule has 0 aromatic heterocycles. The van der Waals surface area contributed by atoms with Crippen molar-refractivity contribution in [2.45, 2.75) is 24.7 Å². The molecule has 1 aliphatic heterocycles. The molecule has 2 N–H and O–H groups in total. The number of alkyl halides is 3. The van der Waals surface area contributed by atoms with Gasteiger partial charge in [-0.2, -0.15) is 13.2 Å². The van der Waals surface area contributed by atoms with Gasteiger partial charge in [0, 0.05) is 20.2 Å². The van der Waals surface area contributed by atoms with E-state index in [9.17, 15) is 18.0 Å². The molecule has 0 spiro atoms. The zero-order valence-corrected chi connectivity index (χ0v) is 8.25. The van der Waals surface area contributed by atoms with E-state index in [-0.39, 0.29) is 19.2 Å². The van der Waals surface area contributed by atoms with Crippen LogP contribution in [0.4, 0.5) is 13.2 Å². The van der Waals surface area contributed by atoms with Crippen LogP contribution in [0.5, 0.6) is 0 Å². The number of hydrogen-bond donors (Lipinski definition) is 1. The first-order valence-corrected chi connectivity index (χ1v) is 4.50. The highest BCUT2D eigenvalue weighted by Crippen LogP contribution is 2.22. The van der Waals surface area contributed by atoms with E-state index in [1.54, 1.807) is 0 Å². The molecule has 0 aromatic rings. The molecule has 4 nitrogen and oxygen atoms in total. The van der Waals surface area contributed by atoms with Crippen molar-refractivity contribution in [3.05, 3.63) is 0 Å². The standard InChI is InChI=1S/C8H13F3N2O2/c1-15-5-2-3-13(4-5)7(14)6(12)8(9,10)11/h5-6H,2-4,12H2,1H3/t5-,6?/m1/s1. The molecule has 1 heterocycles. The van der Waals surface area contributed by atoms with Gasteiger partial charge in [0.15, 0.2) is 6.04 Å². The van der Waals surface area contributed by atoms with Gasteiger partial charge in [0.25, 0.3) is 0 Å². The Morgan fingerprint density at radius 2 is 2.20 bits per heavy atom. The first kappa shape index (κ1) is 12.3. The average Bonchev–Trinajstić information content (AvgIpc) is 2.62. The SMILES string of the molecule is CO[C@@H]1CCN(C(=O)C(N)C(F)(F)F)C1. The fraction of sp³-hybridized carbons (Fsp3) is 0.875. The van der Waals surface area contributed by atoms with Crippen LogP contribution < -0.4 is 5.73 Å². The maximum Gasteiger partial charge on any atom is 0.412 e. The molecule has 0 radical (unpaired) electrons.